The molecule has 7 heteroatoms. The van der Waals surface area contributed by atoms with E-state index < -0.39 is 0 Å². The van der Waals surface area contributed by atoms with Crippen LogP contribution in [0.25, 0.3) is 0 Å². The summed E-state index contributed by atoms with van der Waals surface area (Å²) in [4.78, 5) is 16.0. The van der Waals surface area contributed by atoms with Gasteiger partial charge in [-0.15, -0.1) is 0 Å². The van der Waals surface area contributed by atoms with Gasteiger partial charge in [0.05, 0.1) is 18.8 Å². The molecule has 1 amide bonds. The molecule has 1 heterocycles. The quantitative estimate of drug-likeness (QED) is 0.495. The summed E-state index contributed by atoms with van der Waals surface area (Å²) in [6.07, 6.45) is 0.809. The minimum atomic E-state index is -0.0781. The van der Waals surface area contributed by atoms with Crippen LogP contribution in [0.4, 0.5) is 0 Å². The van der Waals surface area contributed by atoms with E-state index in [1.807, 2.05) is 36.4 Å². The highest BCUT2D eigenvalue weighted by atomic mass is 16.5. The number of guanidine groups is 1. The van der Waals surface area contributed by atoms with Crippen molar-refractivity contribution in [2.24, 2.45) is 4.99 Å². The summed E-state index contributed by atoms with van der Waals surface area (Å²) in [6.45, 7) is 5.33. The zero-order chi connectivity index (χ0) is 18.8. The third-order valence-electron chi connectivity index (χ3n) is 3.82. The van der Waals surface area contributed by atoms with Crippen LogP contribution in [0.15, 0.2) is 45.9 Å². The van der Waals surface area contributed by atoms with E-state index >= 15 is 0 Å². The maximum Gasteiger partial charge on any atom is 0.239 e. The Morgan fingerprint density at radius 3 is 2.62 bits per heavy atom. The molecule has 1 aromatic heterocycles. The highest BCUT2D eigenvalue weighted by Gasteiger charge is 2.09. The molecule has 0 aliphatic rings. The first-order valence-electron chi connectivity index (χ1n) is 8.79. The first-order chi connectivity index (χ1) is 12.6. The fourth-order valence-corrected chi connectivity index (χ4v) is 2.29. The number of hydrogen-bond acceptors (Lipinski definition) is 4. The number of aliphatic imine (C=N–C) groups is 1. The Morgan fingerprint density at radius 2 is 1.96 bits per heavy atom. The Kier molecular flexibility index (Phi) is 7.67. The van der Waals surface area contributed by atoms with Crippen LogP contribution in [-0.4, -0.2) is 37.2 Å². The van der Waals surface area contributed by atoms with Gasteiger partial charge in [-0.3, -0.25) is 9.79 Å². The van der Waals surface area contributed by atoms with Crippen molar-refractivity contribution >= 4 is 11.9 Å². The Bertz CT molecular complexity index is 710. The van der Waals surface area contributed by atoms with E-state index in [-0.39, 0.29) is 12.5 Å². The summed E-state index contributed by atoms with van der Waals surface area (Å²) in [6, 6.07) is 12.0. The van der Waals surface area contributed by atoms with Crippen LogP contribution in [-0.2, 0) is 17.8 Å². The van der Waals surface area contributed by atoms with Crippen LogP contribution in [0, 0.1) is 0 Å². The molecule has 0 saturated carbocycles. The predicted octanol–water partition coefficient (Wildman–Crippen LogP) is 1.82. The van der Waals surface area contributed by atoms with Crippen LogP contribution in [0.3, 0.4) is 0 Å². The minimum absolute atomic E-state index is 0.0781. The lowest BCUT2D eigenvalue weighted by Crippen LogP contribution is -2.43. The monoisotopic (exact) mass is 357 g/mol. The first-order valence-corrected chi connectivity index (χ1v) is 8.79. The summed E-state index contributed by atoms with van der Waals surface area (Å²) in [7, 11) is 1.66. The zero-order valence-corrected chi connectivity index (χ0v) is 15.6. The molecule has 0 unspecified atom stereocenters. The molecule has 0 bridgehead atoms. The molecule has 0 atom stereocenters. The molecule has 140 valence electrons. The van der Waals surface area contributed by atoms with E-state index in [1.54, 1.807) is 7.05 Å². The van der Waals surface area contributed by atoms with E-state index in [0.29, 0.717) is 25.0 Å². The Morgan fingerprint density at radius 1 is 1.19 bits per heavy atom. The standard InChI is InChI=1S/C19H27N5O2/c1-14(2)17-11-16(26-24-17)12-22-19(20-3)23-13-18(25)21-10-9-15-7-5-4-6-8-15/h4-8,11,14H,9-10,12-13H2,1-3H3,(H,21,25)(H2,20,22,23). The summed E-state index contributed by atoms with van der Waals surface area (Å²) in [5.74, 6) is 1.50. The van der Waals surface area contributed by atoms with Crippen LogP contribution < -0.4 is 16.0 Å². The van der Waals surface area contributed by atoms with Crippen molar-refractivity contribution in [1.82, 2.24) is 21.1 Å². The molecule has 0 spiro atoms. The van der Waals surface area contributed by atoms with Crippen molar-refractivity contribution in [3.8, 4) is 0 Å². The van der Waals surface area contributed by atoms with Crippen molar-refractivity contribution in [1.29, 1.82) is 0 Å². The van der Waals surface area contributed by atoms with Gasteiger partial charge in [0.1, 0.15) is 0 Å². The number of carbonyl (C=O) groups is 1. The van der Waals surface area contributed by atoms with E-state index in [1.165, 1.54) is 5.56 Å². The summed E-state index contributed by atoms with van der Waals surface area (Å²) < 4.78 is 5.27. The molecule has 0 radical (unpaired) electrons. The van der Waals surface area contributed by atoms with Crippen molar-refractivity contribution in [3.63, 3.8) is 0 Å². The first kappa shape index (κ1) is 19.5. The maximum absolute atomic E-state index is 11.9. The van der Waals surface area contributed by atoms with Gasteiger partial charge in [0.2, 0.25) is 5.91 Å². The van der Waals surface area contributed by atoms with Gasteiger partial charge in [0, 0.05) is 19.7 Å². The van der Waals surface area contributed by atoms with E-state index in [9.17, 15) is 4.79 Å². The number of benzene rings is 1. The second-order valence-corrected chi connectivity index (χ2v) is 6.24. The third kappa shape index (κ3) is 6.58. The Balaban J connectivity index is 1.66. The van der Waals surface area contributed by atoms with Crippen LogP contribution in [0.2, 0.25) is 0 Å². The van der Waals surface area contributed by atoms with Crippen LogP contribution in [0.5, 0.6) is 0 Å². The molecule has 0 fully saturated rings. The maximum atomic E-state index is 11.9. The fraction of sp³-hybridized carbons (Fsp3) is 0.421. The van der Waals surface area contributed by atoms with Crippen LogP contribution in [0.1, 0.15) is 36.8 Å². The topological polar surface area (TPSA) is 91.5 Å². The number of aromatic nitrogens is 1. The van der Waals surface area contributed by atoms with E-state index in [4.69, 9.17) is 4.52 Å². The SMILES string of the molecule is CN=C(NCC(=O)NCCc1ccccc1)NCc1cc(C(C)C)no1. The average Bonchev–Trinajstić information content (AvgIpc) is 3.12. The molecule has 2 rings (SSSR count). The second-order valence-electron chi connectivity index (χ2n) is 6.24. The molecule has 0 aliphatic heterocycles. The van der Waals surface area contributed by atoms with Gasteiger partial charge in [0.15, 0.2) is 11.7 Å². The highest BCUT2D eigenvalue weighted by Crippen LogP contribution is 2.13. The van der Waals surface area contributed by atoms with Gasteiger partial charge in [-0.1, -0.05) is 49.3 Å². The lowest BCUT2D eigenvalue weighted by atomic mass is 10.1. The number of nitrogens with one attached hydrogen (secondary N) is 3. The predicted molar refractivity (Wildman–Crippen MR) is 102 cm³/mol. The van der Waals surface area contributed by atoms with Gasteiger partial charge in [0.25, 0.3) is 0 Å². The summed E-state index contributed by atoms with van der Waals surface area (Å²) in [5, 5.41) is 13.0. The highest BCUT2D eigenvalue weighted by molar-refractivity contribution is 5.86. The molecule has 26 heavy (non-hydrogen) atoms. The molecule has 1 aromatic carbocycles. The lowest BCUT2D eigenvalue weighted by Gasteiger charge is -2.11. The van der Waals surface area contributed by atoms with Crippen LogP contribution >= 0.6 is 0 Å². The Labute approximate surface area is 154 Å². The zero-order valence-electron chi connectivity index (χ0n) is 15.6. The van der Waals surface area contributed by atoms with Gasteiger partial charge in [-0.25, -0.2) is 0 Å². The van der Waals surface area contributed by atoms with E-state index in [0.717, 1.165) is 17.9 Å². The number of amides is 1. The van der Waals surface area contributed by atoms with E-state index in [2.05, 4.69) is 39.9 Å². The van der Waals surface area contributed by atoms with Gasteiger partial charge in [-0.05, 0) is 17.9 Å². The third-order valence-corrected chi connectivity index (χ3v) is 3.82. The number of hydrogen-bond donors (Lipinski definition) is 3. The molecular weight excluding hydrogens is 330 g/mol. The lowest BCUT2D eigenvalue weighted by molar-refractivity contribution is -0.119. The minimum Gasteiger partial charge on any atom is -0.359 e. The smallest absolute Gasteiger partial charge is 0.239 e. The number of nitrogens with zero attached hydrogens (tertiary/aromatic N) is 2. The van der Waals surface area contributed by atoms with Crippen molar-refractivity contribution in [3.05, 3.63) is 53.4 Å². The normalized spacial score (nSPS) is 11.5. The van der Waals surface area contributed by atoms with Gasteiger partial charge in [-0.2, -0.15) is 0 Å². The molecule has 7 nitrogen and oxygen atoms in total. The fourth-order valence-electron chi connectivity index (χ4n) is 2.29. The number of rotatable bonds is 8. The molecule has 3 N–H and O–H groups in total. The largest absolute Gasteiger partial charge is 0.359 e. The molecule has 0 saturated heterocycles. The average molecular weight is 357 g/mol. The van der Waals surface area contributed by atoms with Crippen molar-refractivity contribution in [2.45, 2.75) is 32.7 Å². The van der Waals surface area contributed by atoms with Crippen molar-refractivity contribution < 1.29 is 9.32 Å². The second kappa shape index (κ2) is 10.2. The van der Waals surface area contributed by atoms with Gasteiger partial charge < -0.3 is 20.5 Å². The molecular formula is C19H27N5O2. The number of carbonyl (C=O) groups excluding carboxylic acids is 1. The Hall–Kier alpha value is -2.83. The van der Waals surface area contributed by atoms with Crippen molar-refractivity contribution in [2.75, 3.05) is 20.1 Å². The van der Waals surface area contributed by atoms with Gasteiger partial charge >= 0.3 is 0 Å². The summed E-state index contributed by atoms with van der Waals surface area (Å²) >= 11 is 0. The molecule has 0 aliphatic carbocycles. The molecule has 2 aromatic rings. The summed E-state index contributed by atoms with van der Waals surface area (Å²) in [5.41, 5.74) is 2.12.